The predicted molar refractivity (Wildman–Crippen MR) is 120 cm³/mol. The van der Waals surface area contributed by atoms with Crippen LogP contribution in [-0.4, -0.2) is 41.0 Å². The summed E-state index contributed by atoms with van der Waals surface area (Å²) in [5.41, 5.74) is 8.93. The Balaban J connectivity index is 1.64. The first-order chi connectivity index (χ1) is 14.3. The second kappa shape index (κ2) is 8.18. The summed E-state index contributed by atoms with van der Waals surface area (Å²) in [6.07, 6.45) is 5.41. The van der Waals surface area contributed by atoms with Gasteiger partial charge >= 0.3 is 0 Å². The molecule has 2 aliphatic heterocycles. The van der Waals surface area contributed by atoms with E-state index in [1.54, 1.807) is 24.3 Å². The number of carbonyl (C=O) groups excluding carboxylic acids is 1. The summed E-state index contributed by atoms with van der Waals surface area (Å²) in [4.78, 5) is 16.5. The van der Waals surface area contributed by atoms with Gasteiger partial charge in [-0.2, -0.15) is 0 Å². The van der Waals surface area contributed by atoms with Crippen molar-refractivity contribution < 1.29 is 13.2 Å². The van der Waals surface area contributed by atoms with Gasteiger partial charge < -0.3 is 15.5 Å². The Morgan fingerprint density at radius 2 is 1.77 bits per heavy atom. The van der Waals surface area contributed by atoms with Gasteiger partial charge in [0.15, 0.2) is 0 Å². The van der Waals surface area contributed by atoms with E-state index in [1.807, 2.05) is 19.2 Å². The van der Waals surface area contributed by atoms with E-state index in [0.717, 1.165) is 62.3 Å². The van der Waals surface area contributed by atoms with Crippen molar-refractivity contribution in [1.29, 1.82) is 0 Å². The minimum absolute atomic E-state index is 0.172. The molecule has 2 aromatic rings. The van der Waals surface area contributed by atoms with E-state index < -0.39 is 15.9 Å². The molecule has 0 saturated carbocycles. The van der Waals surface area contributed by atoms with E-state index in [-0.39, 0.29) is 16.1 Å². The molecule has 2 aliphatic rings. The normalized spacial score (nSPS) is 16.8. The van der Waals surface area contributed by atoms with Gasteiger partial charge in [-0.05, 0) is 68.0 Å². The molecule has 0 bridgehead atoms. The molecule has 4 rings (SSSR count). The maximum absolute atomic E-state index is 13.1. The van der Waals surface area contributed by atoms with Crippen LogP contribution >= 0.6 is 0 Å². The van der Waals surface area contributed by atoms with E-state index in [1.165, 1.54) is 6.42 Å². The van der Waals surface area contributed by atoms with Gasteiger partial charge in [0.25, 0.3) is 15.9 Å². The molecule has 2 heterocycles. The highest BCUT2D eigenvalue weighted by atomic mass is 32.2. The van der Waals surface area contributed by atoms with Crippen LogP contribution in [0, 0.1) is 0 Å². The summed E-state index contributed by atoms with van der Waals surface area (Å²) >= 11 is 0. The minimum Gasteiger partial charge on any atom is -0.374 e. The van der Waals surface area contributed by atoms with Gasteiger partial charge in [-0.3, -0.25) is 9.52 Å². The standard InChI is InChI=1S/C22H28N4O3S/c1-25-11-5-6-16-7-9-18(15-21(16)25)30(28,29)24-20-10-8-17(14-19(20)22(23)27)26-12-3-2-4-13-26/h7-10,14-15,24H,2-6,11-13H2,1H3,(H2,23,27). The maximum atomic E-state index is 13.1. The number of sulfonamides is 1. The summed E-state index contributed by atoms with van der Waals surface area (Å²) in [5.74, 6) is -0.656. The number of fused-ring (bicyclic) bond motifs is 1. The fourth-order valence-electron chi connectivity index (χ4n) is 4.28. The van der Waals surface area contributed by atoms with Crippen LogP contribution < -0.4 is 20.3 Å². The molecule has 1 saturated heterocycles. The number of nitrogens with one attached hydrogen (secondary N) is 1. The lowest BCUT2D eigenvalue weighted by molar-refractivity contribution is 0.100. The average molecular weight is 429 g/mol. The van der Waals surface area contributed by atoms with Crippen molar-refractivity contribution in [2.24, 2.45) is 5.73 Å². The van der Waals surface area contributed by atoms with Gasteiger partial charge in [-0.15, -0.1) is 0 Å². The highest BCUT2D eigenvalue weighted by Crippen LogP contribution is 2.31. The molecule has 8 heteroatoms. The summed E-state index contributed by atoms with van der Waals surface area (Å²) in [5, 5.41) is 0. The van der Waals surface area contributed by atoms with Crippen LogP contribution in [0.15, 0.2) is 41.3 Å². The second-order valence-electron chi connectivity index (χ2n) is 8.06. The summed E-state index contributed by atoms with van der Waals surface area (Å²) < 4.78 is 28.7. The molecular formula is C22H28N4O3S. The van der Waals surface area contributed by atoms with Crippen LogP contribution in [0.25, 0.3) is 0 Å². The van der Waals surface area contributed by atoms with Crippen molar-refractivity contribution in [3.05, 3.63) is 47.5 Å². The number of amides is 1. The van der Waals surface area contributed by atoms with Crippen LogP contribution in [0.3, 0.4) is 0 Å². The average Bonchev–Trinajstić information content (AvgIpc) is 2.74. The number of piperidine rings is 1. The van der Waals surface area contributed by atoms with E-state index in [9.17, 15) is 13.2 Å². The van der Waals surface area contributed by atoms with Crippen molar-refractivity contribution in [1.82, 2.24) is 0 Å². The highest BCUT2D eigenvalue weighted by molar-refractivity contribution is 7.92. The van der Waals surface area contributed by atoms with E-state index in [4.69, 9.17) is 5.73 Å². The molecule has 1 fully saturated rings. The van der Waals surface area contributed by atoms with Gasteiger partial charge in [0.2, 0.25) is 0 Å². The van der Waals surface area contributed by atoms with Crippen molar-refractivity contribution in [2.75, 3.05) is 41.2 Å². The van der Waals surface area contributed by atoms with Gasteiger partial charge in [-0.25, -0.2) is 8.42 Å². The van der Waals surface area contributed by atoms with Crippen molar-refractivity contribution >= 4 is 33.0 Å². The largest absolute Gasteiger partial charge is 0.374 e. The SMILES string of the molecule is CN1CCCc2ccc(S(=O)(=O)Nc3ccc(N4CCCCC4)cc3C(N)=O)cc21. The number of hydrogen-bond donors (Lipinski definition) is 2. The van der Waals surface area contributed by atoms with Crippen molar-refractivity contribution in [2.45, 2.75) is 37.0 Å². The third kappa shape index (κ3) is 4.09. The number of carbonyl (C=O) groups is 1. The molecule has 2 aromatic carbocycles. The second-order valence-corrected chi connectivity index (χ2v) is 9.75. The molecule has 0 atom stereocenters. The molecule has 3 N–H and O–H groups in total. The molecule has 0 spiro atoms. The van der Waals surface area contributed by atoms with Crippen LogP contribution in [0.2, 0.25) is 0 Å². The number of nitrogens with two attached hydrogens (primary N) is 1. The lowest BCUT2D eigenvalue weighted by Crippen LogP contribution is -2.30. The van der Waals surface area contributed by atoms with Gasteiger partial charge in [0.05, 0.1) is 16.1 Å². The fraction of sp³-hybridized carbons (Fsp3) is 0.409. The zero-order valence-corrected chi connectivity index (χ0v) is 18.0. The molecule has 0 radical (unpaired) electrons. The smallest absolute Gasteiger partial charge is 0.261 e. The fourth-order valence-corrected chi connectivity index (χ4v) is 5.38. The molecule has 1 amide bonds. The van der Waals surface area contributed by atoms with Crippen LogP contribution in [0.5, 0.6) is 0 Å². The number of aryl methyl sites for hydroxylation is 1. The number of hydrogen-bond acceptors (Lipinski definition) is 5. The molecular weight excluding hydrogens is 400 g/mol. The topological polar surface area (TPSA) is 95.7 Å². The Hall–Kier alpha value is -2.74. The third-order valence-corrected chi connectivity index (χ3v) is 7.32. The Bertz CT molecular complexity index is 1060. The highest BCUT2D eigenvalue weighted by Gasteiger charge is 2.22. The first-order valence-corrected chi connectivity index (χ1v) is 11.9. The van der Waals surface area contributed by atoms with Gasteiger partial charge in [0, 0.05) is 38.1 Å². The number of nitrogens with zero attached hydrogens (tertiary/aromatic N) is 2. The zero-order valence-electron chi connectivity index (χ0n) is 17.2. The van der Waals surface area contributed by atoms with Gasteiger partial charge in [-0.1, -0.05) is 6.07 Å². The molecule has 0 aliphatic carbocycles. The monoisotopic (exact) mass is 428 g/mol. The lowest BCUT2D eigenvalue weighted by Gasteiger charge is -2.29. The predicted octanol–water partition coefficient (Wildman–Crippen LogP) is 2.96. The maximum Gasteiger partial charge on any atom is 0.261 e. The zero-order chi connectivity index (χ0) is 21.3. The summed E-state index contributed by atoms with van der Waals surface area (Å²) in [7, 11) is -1.90. The molecule has 0 unspecified atom stereocenters. The van der Waals surface area contributed by atoms with Crippen molar-refractivity contribution in [3.63, 3.8) is 0 Å². The number of anilines is 3. The number of benzene rings is 2. The Morgan fingerprint density at radius 1 is 1.00 bits per heavy atom. The van der Waals surface area contributed by atoms with Crippen LogP contribution in [-0.2, 0) is 16.4 Å². The van der Waals surface area contributed by atoms with Crippen LogP contribution in [0.4, 0.5) is 17.1 Å². The Labute approximate surface area is 177 Å². The number of rotatable bonds is 5. The Kier molecular flexibility index (Phi) is 5.60. The first kappa shape index (κ1) is 20.5. The van der Waals surface area contributed by atoms with E-state index in [2.05, 4.69) is 14.5 Å². The van der Waals surface area contributed by atoms with Crippen molar-refractivity contribution in [3.8, 4) is 0 Å². The molecule has 30 heavy (non-hydrogen) atoms. The van der Waals surface area contributed by atoms with E-state index in [0.29, 0.717) is 0 Å². The third-order valence-electron chi connectivity index (χ3n) is 5.95. The summed E-state index contributed by atoms with van der Waals surface area (Å²) in [6, 6.07) is 10.3. The molecule has 7 nitrogen and oxygen atoms in total. The minimum atomic E-state index is -3.86. The lowest BCUT2D eigenvalue weighted by atomic mass is 10.0. The number of primary amides is 1. The molecule has 0 aromatic heterocycles. The van der Waals surface area contributed by atoms with Gasteiger partial charge in [0.1, 0.15) is 0 Å². The van der Waals surface area contributed by atoms with E-state index >= 15 is 0 Å². The Morgan fingerprint density at radius 3 is 2.50 bits per heavy atom. The van der Waals surface area contributed by atoms with Crippen LogP contribution in [0.1, 0.15) is 41.6 Å². The quantitative estimate of drug-likeness (QED) is 0.763. The summed E-state index contributed by atoms with van der Waals surface area (Å²) in [6.45, 7) is 2.74. The first-order valence-electron chi connectivity index (χ1n) is 10.4. The molecule has 160 valence electrons.